The van der Waals surface area contributed by atoms with Crippen LogP contribution in [0, 0.1) is 13.8 Å². The molecular formula is C13H14BrN. The average Bonchev–Trinajstić information content (AvgIpc) is 2.53. The summed E-state index contributed by atoms with van der Waals surface area (Å²) in [5.41, 5.74) is 3.96. The van der Waals surface area contributed by atoms with Gasteiger partial charge in [-0.2, -0.15) is 0 Å². The second-order valence-corrected chi connectivity index (χ2v) is 4.74. The second-order valence-electron chi connectivity index (χ2n) is 3.83. The van der Waals surface area contributed by atoms with E-state index in [0.29, 0.717) is 0 Å². The van der Waals surface area contributed by atoms with Gasteiger partial charge >= 0.3 is 0 Å². The zero-order valence-electron chi connectivity index (χ0n) is 9.00. The molecule has 0 fully saturated rings. The summed E-state index contributed by atoms with van der Waals surface area (Å²) in [6.07, 6.45) is 0. The van der Waals surface area contributed by atoms with Crippen LogP contribution in [0.3, 0.4) is 0 Å². The van der Waals surface area contributed by atoms with E-state index in [4.69, 9.17) is 0 Å². The number of halogens is 1. The van der Waals surface area contributed by atoms with E-state index in [1.807, 2.05) is 0 Å². The Morgan fingerprint density at radius 1 is 0.933 bits per heavy atom. The maximum atomic E-state index is 3.45. The van der Waals surface area contributed by atoms with E-state index in [1.165, 1.54) is 17.0 Å². The molecule has 2 rings (SSSR count). The van der Waals surface area contributed by atoms with Crippen molar-refractivity contribution in [2.24, 2.45) is 0 Å². The molecule has 0 N–H and O–H groups in total. The Labute approximate surface area is 98.9 Å². The van der Waals surface area contributed by atoms with Crippen LogP contribution in [0.5, 0.6) is 0 Å². The summed E-state index contributed by atoms with van der Waals surface area (Å²) in [4.78, 5) is 0. The van der Waals surface area contributed by atoms with Crippen LogP contribution < -0.4 is 0 Å². The lowest BCUT2D eigenvalue weighted by molar-refractivity contribution is 0.749. The molecule has 0 saturated heterocycles. The maximum absolute atomic E-state index is 3.45. The van der Waals surface area contributed by atoms with Gasteiger partial charge in [0.2, 0.25) is 0 Å². The van der Waals surface area contributed by atoms with Crippen LogP contribution in [0.15, 0.2) is 40.9 Å². The largest absolute Gasteiger partial charge is 0.345 e. The Balaban J connectivity index is 2.25. The van der Waals surface area contributed by atoms with Crippen molar-refractivity contribution < 1.29 is 0 Å². The number of hydrogen-bond acceptors (Lipinski definition) is 0. The minimum absolute atomic E-state index is 0.956. The fourth-order valence-electron chi connectivity index (χ4n) is 1.72. The minimum Gasteiger partial charge on any atom is -0.345 e. The molecule has 1 nitrogen and oxygen atoms in total. The van der Waals surface area contributed by atoms with Crippen molar-refractivity contribution in [3.8, 4) is 0 Å². The van der Waals surface area contributed by atoms with Gasteiger partial charge in [0.15, 0.2) is 0 Å². The van der Waals surface area contributed by atoms with E-state index in [0.717, 1.165) is 11.0 Å². The van der Waals surface area contributed by atoms with Crippen LogP contribution in [0.4, 0.5) is 0 Å². The molecule has 1 aromatic heterocycles. The fourth-order valence-corrected chi connectivity index (χ4v) is 1.99. The lowest BCUT2D eigenvalue weighted by Crippen LogP contribution is -2.03. The third-order valence-corrected chi connectivity index (χ3v) is 3.20. The smallest absolute Gasteiger partial charge is 0.0475 e. The Morgan fingerprint density at radius 2 is 1.47 bits per heavy atom. The van der Waals surface area contributed by atoms with Gasteiger partial charge < -0.3 is 4.57 Å². The van der Waals surface area contributed by atoms with Crippen LogP contribution >= 0.6 is 15.9 Å². The van der Waals surface area contributed by atoms with Gasteiger partial charge in [-0.15, -0.1) is 0 Å². The first kappa shape index (κ1) is 10.5. The number of aryl methyl sites for hydroxylation is 2. The Morgan fingerprint density at radius 3 is 2.00 bits per heavy atom. The van der Waals surface area contributed by atoms with Crippen LogP contribution in [0.1, 0.15) is 17.0 Å². The SMILES string of the molecule is Cc1ccc(C)n1Cc1ccc(Br)cc1. The number of nitrogens with zero attached hydrogens (tertiary/aromatic N) is 1. The van der Waals surface area contributed by atoms with Crippen molar-refractivity contribution in [3.63, 3.8) is 0 Å². The first-order valence-corrected chi connectivity index (χ1v) is 5.83. The monoisotopic (exact) mass is 263 g/mol. The second kappa shape index (κ2) is 4.23. The molecule has 2 heteroatoms. The van der Waals surface area contributed by atoms with Crippen molar-refractivity contribution in [1.82, 2.24) is 4.57 Å². The summed E-state index contributed by atoms with van der Waals surface area (Å²) < 4.78 is 3.45. The van der Waals surface area contributed by atoms with E-state index in [2.05, 4.69) is 70.7 Å². The summed E-state index contributed by atoms with van der Waals surface area (Å²) in [5, 5.41) is 0. The number of rotatable bonds is 2. The van der Waals surface area contributed by atoms with Crippen molar-refractivity contribution in [1.29, 1.82) is 0 Å². The first-order chi connectivity index (χ1) is 7.16. The van der Waals surface area contributed by atoms with Crippen LogP contribution in [0.25, 0.3) is 0 Å². The molecule has 0 saturated carbocycles. The summed E-state index contributed by atoms with van der Waals surface area (Å²) in [7, 11) is 0. The normalized spacial score (nSPS) is 10.6. The molecule has 0 bridgehead atoms. The Bertz CT molecular complexity index is 434. The summed E-state index contributed by atoms with van der Waals surface area (Å²) >= 11 is 3.45. The Hall–Kier alpha value is -1.02. The van der Waals surface area contributed by atoms with Crippen LogP contribution in [-0.4, -0.2) is 4.57 Å². The highest BCUT2D eigenvalue weighted by molar-refractivity contribution is 9.10. The summed E-state index contributed by atoms with van der Waals surface area (Å²) in [6.45, 7) is 5.25. The third-order valence-electron chi connectivity index (χ3n) is 2.67. The number of hydrogen-bond donors (Lipinski definition) is 0. The van der Waals surface area contributed by atoms with Gasteiger partial charge in [0, 0.05) is 22.4 Å². The van der Waals surface area contributed by atoms with Gasteiger partial charge in [-0.25, -0.2) is 0 Å². The molecule has 0 aliphatic heterocycles. The molecule has 0 aliphatic rings. The predicted molar refractivity (Wildman–Crippen MR) is 67.2 cm³/mol. The third kappa shape index (κ3) is 2.32. The van der Waals surface area contributed by atoms with Crippen molar-refractivity contribution in [2.45, 2.75) is 20.4 Å². The standard InChI is InChI=1S/C13H14BrN/c1-10-3-4-11(2)15(10)9-12-5-7-13(14)8-6-12/h3-8H,9H2,1-2H3. The quantitative estimate of drug-likeness (QED) is 0.774. The van der Waals surface area contributed by atoms with E-state index >= 15 is 0 Å². The van der Waals surface area contributed by atoms with Gasteiger partial charge in [0.05, 0.1) is 0 Å². The number of benzene rings is 1. The molecule has 2 aromatic rings. The van der Waals surface area contributed by atoms with Gasteiger partial charge in [-0.3, -0.25) is 0 Å². The summed E-state index contributed by atoms with van der Waals surface area (Å²) in [6, 6.07) is 12.8. The highest BCUT2D eigenvalue weighted by Crippen LogP contribution is 2.14. The predicted octanol–water partition coefficient (Wildman–Crippen LogP) is 3.92. The lowest BCUT2D eigenvalue weighted by atomic mass is 10.2. The molecule has 1 heterocycles. The fraction of sp³-hybridized carbons (Fsp3) is 0.231. The van der Waals surface area contributed by atoms with Gasteiger partial charge in [-0.1, -0.05) is 28.1 Å². The molecule has 0 spiro atoms. The van der Waals surface area contributed by atoms with Gasteiger partial charge in [0.25, 0.3) is 0 Å². The van der Waals surface area contributed by atoms with Gasteiger partial charge in [-0.05, 0) is 43.7 Å². The van der Waals surface area contributed by atoms with Gasteiger partial charge in [0.1, 0.15) is 0 Å². The molecule has 0 radical (unpaired) electrons. The minimum atomic E-state index is 0.956. The van der Waals surface area contributed by atoms with Crippen molar-refractivity contribution in [3.05, 3.63) is 57.8 Å². The molecule has 1 aromatic carbocycles. The van der Waals surface area contributed by atoms with Crippen LogP contribution in [0.2, 0.25) is 0 Å². The molecular weight excluding hydrogens is 250 g/mol. The van der Waals surface area contributed by atoms with E-state index in [1.54, 1.807) is 0 Å². The first-order valence-electron chi connectivity index (χ1n) is 5.04. The van der Waals surface area contributed by atoms with E-state index < -0.39 is 0 Å². The highest BCUT2D eigenvalue weighted by atomic mass is 79.9. The number of aromatic nitrogens is 1. The molecule has 78 valence electrons. The Kier molecular flexibility index (Phi) is 2.96. The highest BCUT2D eigenvalue weighted by Gasteiger charge is 2.01. The topological polar surface area (TPSA) is 4.93 Å². The molecule has 0 amide bonds. The lowest BCUT2D eigenvalue weighted by Gasteiger charge is -2.09. The van der Waals surface area contributed by atoms with E-state index in [9.17, 15) is 0 Å². The molecule has 0 aliphatic carbocycles. The zero-order valence-corrected chi connectivity index (χ0v) is 10.6. The molecule has 0 atom stereocenters. The average molecular weight is 264 g/mol. The molecule has 15 heavy (non-hydrogen) atoms. The zero-order chi connectivity index (χ0) is 10.8. The maximum Gasteiger partial charge on any atom is 0.0475 e. The summed E-state index contributed by atoms with van der Waals surface area (Å²) in [5.74, 6) is 0. The van der Waals surface area contributed by atoms with E-state index in [-0.39, 0.29) is 0 Å². The van der Waals surface area contributed by atoms with Crippen molar-refractivity contribution in [2.75, 3.05) is 0 Å². The molecule has 0 unspecified atom stereocenters. The van der Waals surface area contributed by atoms with Crippen molar-refractivity contribution >= 4 is 15.9 Å². The van der Waals surface area contributed by atoms with Crippen LogP contribution in [-0.2, 0) is 6.54 Å².